The summed E-state index contributed by atoms with van der Waals surface area (Å²) < 4.78 is 104. The first-order valence-electron chi connectivity index (χ1n) is 23.8. The van der Waals surface area contributed by atoms with E-state index in [2.05, 4.69) is 30.2 Å². The number of H-pyrrole nitrogens is 1. The smallest absolute Gasteiger partial charge is 0.414 e. The number of phosphoric acid groups is 1. The molecule has 2 bridgehead atoms. The van der Waals surface area contributed by atoms with Crippen molar-refractivity contribution < 1.29 is 74.0 Å². The number of nitrogens with one attached hydrogen (secondary N) is 2. The fraction of sp³-hybridized carbons (Fsp3) is 0.568. The van der Waals surface area contributed by atoms with Gasteiger partial charge in [0, 0.05) is 16.3 Å². The highest BCUT2D eigenvalue weighted by molar-refractivity contribution is 7.48. The Morgan fingerprint density at radius 1 is 1.03 bits per heavy atom. The minimum absolute atomic E-state index is 0.0626. The number of ether oxygens (including phenoxy) is 3. The number of hydrogen-bond donors (Lipinski definition) is 5. The van der Waals surface area contributed by atoms with E-state index in [1.165, 1.54) is 17.2 Å². The first-order chi connectivity index (χ1) is 35.1. The van der Waals surface area contributed by atoms with Crippen LogP contribution in [0.15, 0.2) is 60.3 Å². The Labute approximate surface area is 426 Å². The minimum atomic E-state index is -5.15. The molecule has 0 aliphatic carbocycles. The Morgan fingerprint density at radius 2 is 1.74 bits per heavy atom. The molecule has 0 radical (unpaired) electrons. The molecule has 4 aromatic heterocycles. The van der Waals surface area contributed by atoms with Crippen molar-refractivity contribution in [3.05, 3.63) is 77.2 Å². The van der Waals surface area contributed by atoms with Crippen molar-refractivity contribution in [1.29, 1.82) is 5.26 Å². The lowest BCUT2D eigenvalue weighted by molar-refractivity contribution is -0.184. The quantitative estimate of drug-likeness (QED) is 0.0288. The number of rotatable bonds is 23. The Balaban J connectivity index is 1.17. The second-order valence-electron chi connectivity index (χ2n) is 19.3. The molecular weight excluding hydrogens is 1050 g/mol. The number of imidazole rings is 1. The molecular formula is C44H59FN9O16P2Si2+. The summed E-state index contributed by atoms with van der Waals surface area (Å²) in [6, 6.07) is 10.3. The van der Waals surface area contributed by atoms with Crippen molar-refractivity contribution in [2.24, 2.45) is 0 Å². The first-order valence-corrected chi connectivity index (χ1v) is 30.4. The van der Waals surface area contributed by atoms with Gasteiger partial charge in [0.2, 0.25) is 0 Å². The number of fused-ring (bicyclic) bond motifs is 4. The molecule has 3 aliphatic rings. The standard InChI is InChI=1S/C44H58FN9O16P2Si2/c1-24(2)73(61,25(3)4)70-74(26(5)6,27(7)8)69-33-30(18-55)65-42(53-17-29(45)31-38(53)48-22-50-41(31)57)34(33)68-72(60,63-16-12-15-46)64-20-44-19-62-35(36(44)67-71(58)59)43(66-44)54-23-51-32-37(47-21-49-39(32)54)52-40(56)28-13-10-9-11-14-28/h9-11,13-14,17,21-27,30,33-36,42-43,55,61H,12,16,18-20H2,1-8H3,(H2-,47,48,49,50,52,56,57,58,59)/p+1/t30-,33-,34-,35-,36+,42-,43-,44-,72?/m1/s1. The second kappa shape index (κ2) is 22.1. The number of hydrogen-bond acceptors (Lipinski definition) is 20. The van der Waals surface area contributed by atoms with Gasteiger partial charge in [0.05, 0.1) is 51.6 Å². The average molecular weight is 1110 g/mol. The van der Waals surface area contributed by atoms with E-state index in [1.54, 1.807) is 30.3 Å². The number of carbonyl (C=O) groups is 1. The molecule has 3 aliphatic heterocycles. The molecule has 74 heavy (non-hydrogen) atoms. The number of aliphatic hydroxyl groups excluding tert-OH is 1. The van der Waals surface area contributed by atoms with E-state index in [4.69, 9.17) is 40.8 Å². The number of nitriles is 1. The van der Waals surface area contributed by atoms with Crippen LogP contribution in [0.1, 0.15) is 84.6 Å². The predicted molar refractivity (Wildman–Crippen MR) is 263 cm³/mol. The molecule has 5 aromatic rings. The van der Waals surface area contributed by atoms with Crippen molar-refractivity contribution >= 4 is 67.1 Å². The zero-order chi connectivity index (χ0) is 53.5. The normalized spacial score (nSPS) is 25.2. The molecule has 3 fully saturated rings. The fourth-order valence-electron chi connectivity index (χ4n) is 9.66. The van der Waals surface area contributed by atoms with Gasteiger partial charge in [-0.3, -0.25) is 27.7 Å². The van der Waals surface area contributed by atoms with Crippen LogP contribution >= 0.6 is 16.1 Å². The van der Waals surface area contributed by atoms with E-state index >= 15 is 8.96 Å². The number of phosphoric ester groups is 1. The van der Waals surface area contributed by atoms with Crippen LogP contribution in [-0.4, -0.2) is 134 Å². The lowest BCUT2D eigenvalue weighted by atomic mass is 10.0. The second-order valence-corrected chi connectivity index (χ2v) is 30.3. The van der Waals surface area contributed by atoms with Gasteiger partial charge >= 0.3 is 33.2 Å². The summed E-state index contributed by atoms with van der Waals surface area (Å²) in [5, 5.41) is 22.9. The van der Waals surface area contributed by atoms with Gasteiger partial charge in [-0.1, -0.05) is 73.6 Å². The van der Waals surface area contributed by atoms with Gasteiger partial charge in [-0.15, -0.1) is 9.42 Å². The van der Waals surface area contributed by atoms with Gasteiger partial charge in [0.1, 0.15) is 36.1 Å². The van der Waals surface area contributed by atoms with Gasteiger partial charge in [0.15, 0.2) is 52.6 Å². The molecule has 0 saturated carbocycles. The van der Waals surface area contributed by atoms with Crippen molar-refractivity contribution in [2.45, 2.75) is 133 Å². The first kappa shape index (κ1) is 55.6. The van der Waals surface area contributed by atoms with Gasteiger partial charge in [-0.2, -0.15) is 5.26 Å². The highest BCUT2D eigenvalue weighted by Crippen LogP contribution is 2.58. The topological polar surface area (TPSA) is 325 Å². The monoisotopic (exact) mass is 1110 g/mol. The van der Waals surface area contributed by atoms with Crippen LogP contribution in [0.3, 0.4) is 0 Å². The summed E-state index contributed by atoms with van der Waals surface area (Å²) in [4.78, 5) is 68.1. The molecule has 400 valence electrons. The predicted octanol–water partition coefficient (Wildman–Crippen LogP) is 5.91. The summed E-state index contributed by atoms with van der Waals surface area (Å²) in [7, 11) is -15.9. The number of aliphatic hydroxyl groups is 1. The van der Waals surface area contributed by atoms with E-state index in [0.717, 1.165) is 17.1 Å². The van der Waals surface area contributed by atoms with Crippen LogP contribution in [0.5, 0.6) is 0 Å². The molecule has 3 saturated heterocycles. The van der Waals surface area contributed by atoms with Gasteiger partial charge < -0.3 is 47.5 Å². The van der Waals surface area contributed by atoms with Crippen LogP contribution in [0, 0.1) is 17.1 Å². The molecule has 30 heteroatoms. The van der Waals surface area contributed by atoms with Gasteiger partial charge in [0.25, 0.3) is 11.5 Å². The number of amides is 1. The highest BCUT2D eigenvalue weighted by Gasteiger charge is 2.68. The third-order valence-corrected chi connectivity index (χ3v) is 25.1. The molecule has 0 spiro atoms. The molecule has 7 heterocycles. The Hall–Kier alpha value is -4.64. The number of benzene rings is 1. The molecule has 1 aromatic carbocycles. The van der Waals surface area contributed by atoms with Crippen LogP contribution in [-0.2, 0) is 50.0 Å². The number of nitrogens with zero attached hydrogens (tertiary/aromatic N) is 7. The molecule has 10 atom stereocenters. The minimum Gasteiger partial charge on any atom is -0.414 e. The maximum absolute atomic E-state index is 15.8. The van der Waals surface area contributed by atoms with Crippen molar-refractivity contribution in [2.75, 3.05) is 31.7 Å². The van der Waals surface area contributed by atoms with E-state index in [0.29, 0.717) is 5.56 Å². The lowest BCUT2D eigenvalue weighted by Gasteiger charge is -2.47. The number of anilines is 1. The maximum atomic E-state index is 15.8. The van der Waals surface area contributed by atoms with E-state index in [9.17, 15) is 34.2 Å². The van der Waals surface area contributed by atoms with Crippen LogP contribution in [0.4, 0.5) is 10.2 Å². The summed E-state index contributed by atoms with van der Waals surface area (Å²) in [5.74, 6) is -1.41. The fourth-order valence-corrected chi connectivity index (χ4v) is 21.5. The maximum Gasteiger partial charge on any atom is 0.695 e. The lowest BCUT2D eigenvalue weighted by Crippen LogP contribution is -2.62. The van der Waals surface area contributed by atoms with Crippen molar-refractivity contribution in [3.63, 3.8) is 0 Å². The number of aromatic amines is 1. The number of carbonyl (C=O) groups excluding carboxylic acids is 1. The van der Waals surface area contributed by atoms with E-state index in [1.807, 2.05) is 61.5 Å². The third kappa shape index (κ3) is 10.5. The third-order valence-electron chi connectivity index (χ3n) is 13.5. The molecule has 1 amide bonds. The zero-order valence-corrected chi connectivity index (χ0v) is 45.4. The number of halogens is 1. The van der Waals surface area contributed by atoms with Crippen LogP contribution in [0.25, 0.3) is 22.2 Å². The highest BCUT2D eigenvalue weighted by atomic mass is 31.2. The summed E-state index contributed by atoms with van der Waals surface area (Å²) in [6.45, 7) is 12.4. The summed E-state index contributed by atoms with van der Waals surface area (Å²) in [6.07, 6.45) is -5.75. The van der Waals surface area contributed by atoms with Gasteiger partial charge in [-0.25, -0.2) is 28.9 Å². The van der Waals surface area contributed by atoms with Crippen LogP contribution in [0.2, 0.25) is 22.2 Å². The Bertz CT molecular complexity index is 2980. The zero-order valence-electron chi connectivity index (χ0n) is 41.6. The Kier molecular flexibility index (Phi) is 16.6. The van der Waals surface area contributed by atoms with E-state index < -0.39 is 135 Å². The largest absolute Gasteiger partial charge is 0.695 e. The van der Waals surface area contributed by atoms with Crippen molar-refractivity contribution in [3.8, 4) is 6.07 Å². The Morgan fingerprint density at radius 3 is 2.39 bits per heavy atom. The average Bonchev–Trinajstić information content (AvgIpc) is 4.17. The molecule has 5 N–H and O–H groups in total. The van der Waals surface area contributed by atoms with Crippen LogP contribution < -0.4 is 10.9 Å². The summed E-state index contributed by atoms with van der Waals surface area (Å²) >= 11 is 0. The van der Waals surface area contributed by atoms with Gasteiger partial charge in [-0.05, 0) is 34.3 Å². The molecule has 8 rings (SSSR count). The van der Waals surface area contributed by atoms with Crippen molar-refractivity contribution in [1.82, 2.24) is 34.1 Å². The SMILES string of the molecule is CC(C)[Si](O)(O[Si](O[C@H]1[C@@H](OP(=O)(OCCC#N)OC[C@@]23CO[C@@H]([C@H](n4cnc5c(NC(=O)c6ccccc6)ncnc54)O2)[C@@H]3O[P+](=O)O)[C@H](n2cc(F)c3c(=O)[nH]cnc32)O[C@@H]1CO)(C(C)C)C(C)C)C(C)C. The number of aromatic nitrogens is 7. The molecule has 2 unspecified atom stereocenters. The van der Waals surface area contributed by atoms with E-state index in [-0.39, 0.29) is 46.7 Å². The molecule has 25 nitrogen and oxygen atoms in total. The summed E-state index contributed by atoms with van der Waals surface area (Å²) in [5.41, 5.74) is -3.68.